The number of aromatic nitrogens is 3. The Labute approximate surface area is 147 Å². The highest BCUT2D eigenvalue weighted by molar-refractivity contribution is 7.93. The monoisotopic (exact) mass is 379 g/mol. The molecule has 0 amide bonds. The van der Waals surface area contributed by atoms with Gasteiger partial charge in [-0.25, -0.2) is 22.8 Å². The molecule has 25 heavy (non-hydrogen) atoms. The van der Waals surface area contributed by atoms with Gasteiger partial charge in [0.1, 0.15) is 17.0 Å². The van der Waals surface area contributed by atoms with Gasteiger partial charge in [-0.15, -0.1) is 0 Å². The van der Waals surface area contributed by atoms with Gasteiger partial charge in [-0.2, -0.15) is 0 Å². The number of pyridine rings is 1. The Kier molecular flexibility index (Phi) is 4.51. The number of nitrogen functional groups attached to an aromatic ring is 1. The van der Waals surface area contributed by atoms with Crippen LogP contribution >= 0.6 is 11.6 Å². The van der Waals surface area contributed by atoms with E-state index in [4.69, 9.17) is 17.3 Å². The molecular formula is C15H11ClFN5O2S. The first-order valence-corrected chi connectivity index (χ1v) is 8.72. The molecule has 2 aromatic heterocycles. The molecule has 7 nitrogen and oxygen atoms in total. The molecule has 3 rings (SSSR count). The topological polar surface area (TPSA) is 111 Å². The van der Waals surface area contributed by atoms with Gasteiger partial charge in [0, 0.05) is 24.2 Å². The minimum absolute atomic E-state index is 0.00504. The van der Waals surface area contributed by atoms with Gasteiger partial charge in [0.15, 0.2) is 0 Å². The quantitative estimate of drug-likeness (QED) is 0.721. The zero-order valence-corrected chi connectivity index (χ0v) is 14.1. The number of nitrogens with zero attached hydrogens (tertiary/aromatic N) is 3. The Hall–Kier alpha value is -2.78. The van der Waals surface area contributed by atoms with E-state index in [1.54, 1.807) is 0 Å². The zero-order chi connectivity index (χ0) is 18.0. The van der Waals surface area contributed by atoms with E-state index in [0.717, 1.165) is 12.1 Å². The van der Waals surface area contributed by atoms with Crippen molar-refractivity contribution in [3.05, 3.63) is 60.0 Å². The largest absolute Gasteiger partial charge is 0.398 e. The summed E-state index contributed by atoms with van der Waals surface area (Å²) in [6, 6.07) is 4.82. The molecule has 1 aromatic carbocycles. The van der Waals surface area contributed by atoms with Crippen molar-refractivity contribution in [2.75, 3.05) is 10.5 Å². The molecule has 10 heteroatoms. The normalized spacial score (nSPS) is 11.3. The predicted molar refractivity (Wildman–Crippen MR) is 91.9 cm³/mol. The molecule has 3 aromatic rings. The predicted octanol–water partition coefficient (Wildman–Crippen LogP) is 2.71. The number of nitrogens with one attached hydrogen (secondary N) is 1. The van der Waals surface area contributed by atoms with E-state index in [9.17, 15) is 12.8 Å². The number of nitrogens with two attached hydrogens (primary N) is 1. The second kappa shape index (κ2) is 6.61. The van der Waals surface area contributed by atoms with E-state index in [1.165, 1.54) is 37.1 Å². The van der Waals surface area contributed by atoms with Crippen LogP contribution in [0.4, 0.5) is 15.8 Å². The third-order valence-electron chi connectivity index (χ3n) is 3.21. The van der Waals surface area contributed by atoms with Crippen LogP contribution in [0.2, 0.25) is 5.02 Å². The number of anilines is 2. The van der Waals surface area contributed by atoms with Gasteiger partial charge >= 0.3 is 0 Å². The molecule has 0 unspecified atom stereocenters. The molecule has 0 aliphatic rings. The summed E-state index contributed by atoms with van der Waals surface area (Å²) in [7, 11) is -4.13. The first-order chi connectivity index (χ1) is 11.9. The van der Waals surface area contributed by atoms with Crippen molar-refractivity contribution in [2.45, 2.75) is 4.90 Å². The standard InChI is InChI=1S/C15H11ClFN5O2S/c16-11-5-10(1-2-12(11)17)22-25(23,24)15-13(18)3-4-21-14(15)9-6-19-8-20-7-9/h1-8,22H,(H2,18,21). The fourth-order valence-corrected chi connectivity index (χ4v) is 3.66. The summed E-state index contributed by atoms with van der Waals surface area (Å²) in [6.45, 7) is 0. The van der Waals surface area contributed by atoms with Crippen molar-refractivity contribution in [1.29, 1.82) is 0 Å². The molecule has 128 valence electrons. The van der Waals surface area contributed by atoms with Gasteiger partial charge in [-0.05, 0) is 24.3 Å². The van der Waals surface area contributed by atoms with Gasteiger partial charge in [-0.1, -0.05) is 11.6 Å². The second-order valence-electron chi connectivity index (χ2n) is 4.94. The number of hydrogen-bond acceptors (Lipinski definition) is 6. The van der Waals surface area contributed by atoms with Crippen molar-refractivity contribution >= 4 is 33.0 Å². The third kappa shape index (κ3) is 3.52. The Morgan fingerprint density at radius 3 is 2.56 bits per heavy atom. The van der Waals surface area contributed by atoms with Crippen LogP contribution in [0.1, 0.15) is 0 Å². The highest BCUT2D eigenvalue weighted by Crippen LogP contribution is 2.31. The molecule has 3 N–H and O–H groups in total. The molecule has 0 aliphatic heterocycles. The highest BCUT2D eigenvalue weighted by Gasteiger charge is 2.24. The van der Waals surface area contributed by atoms with Crippen LogP contribution in [-0.4, -0.2) is 23.4 Å². The van der Waals surface area contributed by atoms with Crippen molar-refractivity contribution in [3.8, 4) is 11.3 Å². The summed E-state index contributed by atoms with van der Waals surface area (Å²) in [6.07, 6.45) is 5.53. The summed E-state index contributed by atoms with van der Waals surface area (Å²) in [5, 5.41) is -0.212. The van der Waals surface area contributed by atoms with Crippen LogP contribution in [0.3, 0.4) is 0 Å². The maximum absolute atomic E-state index is 13.3. The Morgan fingerprint density at radius 2 is 1.88 bits per heavy atom. The third-order valence-corrected chi connectivity index (χ3v) is 4.97. The van der Waals surface area contributed by atoms with Gasteiger partial charge < -0.3 is 5.73 Å². The summed E-state index contributed by atoms with van der Waals surface area (Å²) in [5.74, 6) is -0.660. The van der Waals surface area contributed by atoms with Crippen molar-refractivity contribution in [2.24, 2.45) is 0 Å². The molecule has 0 bridgehead atoms. The van der Waals surface area contributed by atoms with E-state index < -0.39 is 15.8 Å². The van der Waals surface area contributed by atoms with E-state index in [0.29, 0.717) is 5.56 Å². The summed E-state index contributed by atoms with van der Waals surface area (Å²) in [4.78, 5) is 11.6. The molecule has 0 spiro atoms. The van der Waals surface area contributed by atoms with Crippen molar-refractivity contribution < 1.29 is 12.8 Å². The lowest BCUT2D eigenvalue weighted by molar-refractivity contribution is 0.601. The van der Waals surface area contributed by atoms with Crippen LogP contribution < -0.4 is 10.5 Å². The molecule has 0 atom stereocenters. The van der Waals surface area contributed by atoms with Crippen LogP contribution in [0, 0.1) is 5.82 Å². The maximum Gasteiger partial charge on any atom is 0.266 e. The van der Waals surface area contributed by atoms with E-state index >= 15 is 0 Å². The smallest absolute Gasteiger partial charge is 0.266 e. The maximum atomic E-state index is 13.3. The van der Waals surface area contributed by atoms with Crippen molar-refractivity contribution in [3.63, 3.8) is 0 Å². The first kappa shape index (κ1) is 17.1. The molecule has 0 aliphatic carbocycles. The summed E-state index contributed by atoms with van der Waals surface area (Å²) < 4.78 is 41.2. The summed E-state index contributed by atoms with van der Waals surface area (Å²) >= 11 is 5.68. The lowest BCUT2D eigenvalue weighted by Crippen LogP contribution is -2.17. The van der Waals surface area contributed by atoms with Crippen LogP contribution in [0.25, 0.3) is 11.3 Å². The zero-order valence-electron chi connectivity index (χ0n) is 12.5. The fraction of sp³-hybridized carbons (Fsp3) is 0. The van der Waals surface area contributed by atoms with Crippen molar-refractivity contribution in [1.82, 2.24) is 15.0 Å². The lowest BCUT2D eigenvalue weighted by Gasteiger charge is -2.13. The number of sulfonamides is 1. The molecule has 0 saturated heterocycles. The lowest BCUT2D eigenvalue weighted by atomic mass is 10.2. The van der Waals surface area contributed by atoms with Crippen LogP contribution in [0.15, 0.2) is 54.1 Å². The molecule has 0 radical (unpaired) electrons. The molecule has 0 saturated carbocycles. The Bertz CT molecular complexity index is 1030. The van der Waals surface area contributed by atoms with Gasteiger partial charge in [0.25, 0.3) is 10.0 Å². The molecular weight excluding hydrogens is 369 g/mol. The molecule has 2 heterocycles. The van der Waals surface area contributed by atoms with Crippen LogP contribution in [-0.2, 0) is 10.0 Å². The average molecular weight is 380 g/mol. The summed E-state index contributed by atoms with van der Waals surface area (Å²) in [5.41, 5.74) is 6.43. The Morgan fingerprint density at radius 1 is 1.16 bits per heavy atom. The average Bonchev–Trinajstić information content (AvgIpc) is 2.58. The fourth-order valence-electron chi connectivity index (χ4n) is 2.14. The van der Waals surface area contributed by atoms with E-state index in [2.05, 4.69) is 19.7 Å². The van der Waals surface area contributed by atoms with Gasteiger partial charge in [0.2, 0.25) is 0 Å². The minimum atomic E-state index is -4.13. The molecule has 0 fully saturated rings. The van der Waals surface area contributed by atoms with E-state index in [1.807, 2.05) is 0 Å². The van der Waals surface area contributed by atoms with E-state index in [-0.39, 0.29) is 27.0 Å². The van der Waals surface area contributed by atoms with Gasteiger partial charge in [-0.3, -0.25) is 9.71 Å². The first-order valence-electron chi connectivity index (χ1n) is 6.86. The number of rotatable bonds is 4. The number of halogens is 2. The minimum Gasteiger partial charge on any atom is -0.398 e. The number of hydrogen-bond donors (Lipinski definition) is 2. The SMILES string of the molecule is Nc1ccnc(-c2cncnc2)c1S(=O)(=O)Nc1ccc(F)c(Cl)c1. The second-order valence-corrected chi connectivity index (χ2v) is 6.97. The van der Waals surface area contributed by atoms with Crippen LogP contribution in [0.5, 0.6) is 0 Å². The van der Waals surface area contributed by atoms with Gasteiger partial charge in [0.05, 0.1) is 22.1 Å². The highest BCUT2D eigenvalue weighted by atomic mass is 35.5. The Balaban J connectivity index is 2.10. The number of benzene rings is 1.